The van der Waals surface area contributed by atoms with Gasteiger partial charge in [-0.15, -0.1) is 0 Å². The summed E-state index contributed by atoms with van der Waals surface area (Å²) in [6, 6.07) is 11.5. The Morgan fingerprint density at radius 3 is 2.21 bits per heavy atom. The molecule has 4 heteroatoms. The molecule has 1 amide bonds. The van der Waals surface area contributed by atoms with Crippen molar-refractivity contribution >= 4 is 23.2 Å². The van der Waals surface area contributed by atoms with E-state index in [0.29, 0.717) is 5.02 Å². The summed E-state index contributed by atoms with van der Waals surface area (Å²) in [5, 5.41) is 7.06. The lowest BCUT2D eigenvalue weighted by molar-refractivity contribution is -0.117. The molecule has 2 atom stereocenters. The lowest BCUT2D eigenvalue weighted by atomic mass is 10.0. The zero-order chi connectivity index (χ0) is 17.9. The number of halogens is 1. The summed E-state index contributed by atoms with van der Waals surface area (Å²) in [5.74, 6) is -0.0519. The molecular formula is C20H25ClN2O. The molecule has 3 nitrogen and oxygen atoms in total. The summed E-state index contributed by atoms with van der Waals surface area (Å²) in [5.41, 5.74) is 5.23. The van der Waals surface area contributed by atoms with Crippen LogP contribution < -0.4 is 10.6 Å². The van der Waals surface area contributed by atoms with Gasteiger partial charge in [-0.2, -0.15) is 0 Å². The number of nitrogens with one attached hydrogen (secondary N) is 2. The summed E-state index contributed by atoms with van der Waals surface area (Å²) in [7, 11) is 0. The van der Waals surface area contributed by atoms with Gasteiger partial charge in [-0.25, -0.2) is 0 Å². The van der Waals surface area contributed by atoms with Gasteiger partial charge in [-0.3, -0.25) is 10.1 Å². The van der Waals surface area contributed by atoms with Crippen LogP contribution in [0.4, 0.5) is 5.69 Å². The van der Waals surface area contributed by atoms with E-state index >= 15 is 0 Å². The van der Waals surface area contributed by atoms with Crippen molar-refractivity contribution in [3.8, 4) is 0 Å². The maximum atomic E-state index is 12.5. The second kappa shape index (κ2) is 7.82. The van der Waals surface area contributed by atoms with Crippen molar-refractivity contribution in [1.29, 1.82) is 0 Å². The van der Waals surface area contributed by atoms with Crippen molar-refractivity contribution in [2.75, 3.05) is 5.32 Å². The third-order valence-electron chi connectivity index (χ3n) is 4.19. The highest BCUT2D eigenvalue weighted by Crippen LogP contribution is 2.24. The Bertz CT molecular complexity index is 719. The zero-order valence-corrected chi connectivity index (χ0v) is 15.7. The molecule has 0 radical (unpaired) electrons. The SMILES string of the molecule is Cc1cc(C)c(NC(=O)[C@H](C)N[C@H](C)c2ccccc2Cl)c(C)c1. The van der Waals surface area contributed by atoms with Gasteiger partial charge in [-0.1, -0.05) is 47.5 Å². The van der Waals surface area contributed by atoms with Gasteiger partial charge in [0.05, 0.1) is 6.04 Å². The van der Waals surface area contributed by atoms with Crippen LogP contribution in [0.15, 0.2) is 36.4 Å². The summed E-state index contributed by atoms with van der Waals surface area (Å²) < 4.78 is 0. The molecule has 0 aliphatic heterocycles. The Kier molecular flexibility index (Phi) is 6.03. The number of amides is 1. The van der Waals surface area contributed by atoms with E-state index in [2.05, 4.69) is 29.7 Å². The molecule has 0 unspecified atom stereocenters. The van der Waals surface area contributed by atoms with Crippen molar-refractivity contribution in [3.63, 3.8) is 0 Å². The fourth-order valence-corrected chi connectivity index (χ4v) is 3.27. The largest absolute Gasteiger partial charge is 0.324 e. The van der Waals surface area contributed by atoms with E-state index in [0.717, 1.165) is 22.4 Å². The van der Waals surface area contributed by atoms with Crippen molar-refractivity contribution in [2.24, 2.45) is 0 Å². The lowest BCUT2D eigenvalue weighted by Gasteiger charge is -2.22. The van der Waals surface area contributed by atoms with E-state index in [-0.39, 0.29) is 18.0 Å². The van der Waals surface area contributed by atoms with Crippen LogP contribution in [-0.4, -0.2) is 11.9 Å². The molecule has 2 rings (SSSR count). The first-order valence-electron chi connectivity index (χ1n) is 8.18. The highest BCUT2D eigenvalue weighted by molar-refractivity contribution is 6.31. The third-order valence-corrected chi connectivity index (χ3v) is 4.53. The molecule has 0 bridgehead atoms. The summed E-state index contributed by atoms with van der Waals surface area (Å²) in [6.07, 6.45) is 0. The Hall–Kier alpha value is -1.84. The first-order chi connectivity index (χ1) is 11.3. The van der Waals surface area contributed by atoms with Crippen molar-refractivity contribution < 1.29 is 4.79 Å². The van der Waals surface area contributed by atoms with Gasteiger partial charge in [0.15, 0.2) is 0 Å². The quantitative estimate of drug-likeness (QED) is 0.806. The number of benzene rings is 2. The summed E-state index contributed by atoms with van der Waals surface area (Å²) >= 11 is 6.23. The van der Waals surface area contributed by atoms with Gasteiger partial charge in [0.2, 0.25) is 5.91 Å². The Morgan fingerprint density at radius 1 is 1.04 bits per heavy atom. The number of hydrogen-bond acceptors (Lipinski definition) is 2. The lowest BCUT2D eigenvalue weighted by Crippen LogP contribution is -2.39. The van der Waals surface area contributed by atoms with Crippen molar-refractivity contribution in [2.45, 2.75) is 46.7 Å². The predicted molar refractivity (Wildman–Crippen MR) is 102 cm³/mol. The van der Waals surface area contributed by atoms with Gasteiger partial charge in [-0.05, 0) is 57.4 Å². The van der Waals surface area contributed by atoms with E-state index in [1.807, 2.05) is 52.0 Å². The molecule has 0 saturated heterocycles. The molecular weight excluding hydrogens is 320 g/mol. The fourth-order valence-electron chi connectivity index (χ4n) is 2.98. The van der Waals surface area contributed by atoms with Crippen LogP contribution >= 0.6 is 11.6 Å². The highest BCUT2D eigenvalue weighted by atomic mass is 35.5. The van der Waals surface area contributed by atoms with E-state index < -0.39 is 0 Å². The van der Waals surface area contributed by atoms with Crippen LogP contribution in [0.2, 0.25) is 5.02 Å². The average molecular weight is 345 g/mol. The van der Waals surface area contributed by atoms with E-state index in [9.17, 15) is 4.79 Å². The van der Waals surface area contributed by atoms with Crippen LogP contribution in [0.25, 0.3) is 0 Å². The second-order valence-corrected chi connectivity index (χ2v) is 6.80. The van der Waals surface area contributed by atoms with Gasteiger partial charge in [0, 0.05) is 16.8 Å². The topological polar surface area (TPSA) is 41.1 Å². The summed E-state index contributed by atoms with van der Waals surface area (Å²) in [6.45, 7) is 9.95. The van der Waals surface area contributed by atoms with Gasteiger partial charge in [0.1, 0.15) is 0 Å². The highest BCUT2D eigenvalue weighted by Gasteiger charge is 2.19. The molecule has 24 heavy (non-hydrogen) atoms. The molecule has 2 aromatic rings. The number of hydrogen-bond donors (Lipinski definition) is 2. The van der Waals surface area contributed by atoms with Gasteiger partial charge < -0.3 is 5.32 Å². The Morgan fingerprint density at radius 2 is 1.62 bits per heavy atom. The van der Waals surface area contributed by atoms with Crippen molar-refractivity contribution in [1.82, 2.24) is 5.32 Å². The Labute approximate surface area is 149 Å². The summed E-state index contributed by atoms with van der Waals surface area (Å²) in [4.78, 5) is 12.5. The molecule has 2 aromatic carbocycles. The molecule has 0 aliphatic rings. The standard InChI is InChI=1S/C20H25ClN2O/c1-12-10-13(2)19(14(3)11-12)23-20(24)16(5)22-15(4)17-8-6-7-9-18(17)21/h6-11,15-16,22H,1-5H3,(H,23,24)/t15-,16+/m1/s1. The number of aryl methyl sites for hydroxylation is 3. The first-order valence-corrected chi connectivity index (χ1v) is 8.56. The molecule has 0 aliphatic carbocycles. The predicted octanol–water partition coefficient (Wildman–Crippen LogP) is 4.94. The van der Waals surface area contributed by atoms with E-state index in [1.165, 1.54) is 5.56 Å². The van der Waals surface area contributed by atoms with Crippen molar-refractivity contribution in [3.05, 3.63) is 63.7 Å². The molecule has 128 valence electrons. The molecule has 0 aromatic heterocycles. The van der Waals surface area contributed by atoms with Crippen LogP contribution in [0.3, 0.4) is 0 Å². The smallest absolute Gasteiger partial charge is 0.241 e. The van der Waals surface area contributed by atoms with Crippen LogP contribution in [-0.2, 0) is 4.79 Å². The number of carbonyl (C=O) groups excluding carboxylic acids is 1. The fraction of sp³-hybridized carbons (Fsp3) is 0.350. The monoisotopic (exact) mass is 344 g/mol. The molecule has 0 fully saturated rings. The molecule has 0 heterocycles. The number of anilines is 1. The average Bonchev–Trinajstić information content (AvgIpc) is 2.50. The zero-order valence-electron chi connectivity index (χ0n) is 14.9. The third kappa shape index (κ3) is 4.37. The second-order valence-electron chi connectivity index (χ2n) is 6.39. The molecule has 0 saturated carbocycles. The normalized spacial score (nSPS) is 13.4. The minimum Gasteiger partial charge on any atom is -0.324 e. The molecule has 2 N–H and O–H groups in total. The number of carbonyl (C=O) groups is 1. The first kappa shape index (κ1) is 18.5. The van der Waals surface area contributed by atoms with E-state index in [1.54, 1.807) is 0 Å². The maximum absolute atomic E-state index is 12.5. The Balaban J connectivity index is 2.07. The van der Waals surface area contributed by atoms with Gasteiger partial charge in [0.25, 0.3) is 0 Å². The van der Waals surface area contributed by atoms with Crippen LogP contribution in [0.5, 0.6) is 0 Å². The number of rotatable bonds is 5. The minimum atomic E-state index is -0.337. The van der Waals surface area contributed by atoms with Crippen LogP contribution in [0, 0.1) is 20.8 Å². The molecule has 0 spiro atoms. The van der Waals surface area contributed by atoms with E-state index in [4.69, 9.17) is 11.6 Å². The van der Waals surface area contributed by atoms with Gasteiger partial charge >= 0.3 is 0 Å². The van der Waals surface area contributed by atoms with Crippen LogP contribution in [0.1, 0.15) is 42.1 Å². The minimum absolute atomic E-state index is 0.0142. The maximum Gasteiger partial charge on any atom is 0.241 e.